The molecule has 0 unspecified atom stereocenters. The van der Waals surface area contributed by atoms with E-state index in [-0.39, 0.29) is 18.9 Å². The van der Waals surface area contributed by atoms with E-state index in [1.165, 1.54) is 7.11 Å². The van der Waals surface area contributed by atoms with Crippen LogP contribution < -0.4 is 5.06 Å². The van der Waals surface area contributed by atoms with E-state index in [1.54, 1.807) is 0 Å². The van der Waals surface area contributed by atoms with Crippen LogP contribution in [0.3, 0.4) is 0 Å². The maximum Gasteiger partial charge on any atom is 0.416 e. The molecule has 0 saturated heterocycles. The van der Waals surface area contributed by atoms with Crippen LogP contribution in [0.15, 0.2) is 18.3 Å². The van der Waals surface area contributed by atoms with Gasteiger partial charge >= 0.3 is 11.9 Å². The molecule has 2 rings (SSSR count). The Bertz CT molecular complexity index is 912. The van der Waals surface area contributed by atoms with Gasteiger partial charge in [-0.05, 0) is 12.1 Å². The lowest BCUT2D eigenvalue weighted by atomic mass is 10.2. The summed E-state index contributed by atoms with van der Waals surface area (Å²) in [5.41, 5.74) is -2.09. The first-order valence-electron chi connectivity index (χ1n) is 7.70. The van der Waals surface area contributed by atoms with Gasteiger partial charge < -0.3 is 4.74 Å². The third-order valence-corrected chi connectivity index (χ3v) is 4.04. The predicted molar refractivity (Wildman–Crippen MR) is 96.2 cm³/mol. The zero-order valence-electron chi connectivity index (χ0n) is 14.9. The molecule has 14 heteroatoms. The summed E-state index contributed by atoms with van der Waals surface area (Å²) in [6.07, 6.45) is -3.94. The molecule has 29 heavy (non-hydrogen) atoms. The van der Waals surface area contributed by atoms with E-state index in [0.29, 0.717) is 17.2 Å². The molecule has 2 aromatic rings. The van der Waals surface area contributed by atoms with Gasteiger partial charge in [-0.15, -0.1) is 0 Å². The molecular formula is C15H13Cl2F3N4O5. The van der Waals surface area contributed by atoms with Gasteiger partial charge in [-0.25, -0.2) is 4.68 Å². The highest BCUT2D eigenvalue weighted by Crippen LogP contribution is 2.40. The second-order valence-corrected chi connectivity index (χ2v) is 6.26. The lowest BCUT2D eigenvalue weighted by Crippen LogP contribution is -2.32. The molecule has 0 aliphatic rings. The zero-order valence-corrected chi connectivity index (χ0v) is 16.4. The fourth-order valence-corrected chi connectivity index (χ4v) is 2.91. The lowest BCUT2D eigenvalue weighted by molar-refractivity contribution is -0.384. The number of ether oxygens (including phenoxy) is 1. The van der Waals surface area contributed by atoms with Gasteiger partial charge in [-0.3, -0.25) is 19.7 Å². The Labute approximate surface area is 171 Å². The number of nitrogens with zero attached hydrogens (tertiary/aromatic N) is 4. The number of alkyl halides is 3. The van der Waals surface area contributed by atoms with Gasteiger partial charge in [0, 0.05) is 14.0 Å². The number of amides is 1. The van der Waals surface area contributed by atoms with E-state index in [1.807, 2.05) is 0 Å². The Kier molecular flexibility index (Phi) is 7.06. The number of halogens is 5. The van der Waals surface area contributed by atoms with Crippen LogP contribution in [-0.4, -0.2) is 40.9 Å². The summed E-state index contributed by atoms with van der Waals surface area (Å²) >= 11 is 11.9. The predicted octanol–water partition coefficient (Wildman–Crippen LogP) is 4.04. The standard InChI is InChI=1S/C15H13Cl2F3N4O5/c1-8(25)23(29-4-3-28-2)14-12(24(26)27)7-21-22(14)13-10(16)5-9(6-11(13)17)15(18,19)20/h5-7H,3-4H2,1-2H3. The van der Waals surface area contributed by atoms with Crippen LogP contribution in [0.1, 0.15) is 12.5 Å². The topological polar surface area (TPSA) is 99.7 Å². The number of methoxy groups -OCH3 is 1. The number of hydrogen-bond acceptors (Lipinski definition) is 6. The second-order valence-electron chi connectivity index (χ2n) is 5.45. The molecule has 0 aliphatic heterocycles. The molecule has 1 aromatic carbocycles. The van der Waals surface area contributed by atoms with Crippen molar-refractivity contribution in [2.45, 2.75) is 13.1 Å². The molecule has 0 bridgehead atoms. The molecule has 1 heterocycles. The summed E-state index contributed by atoms with van der Waals surface area (Å²) in [6, 6.07) is 1.17. The lowest BCUT2D eigenvalue weighted by Gasteiger charge is -2.21. The van der Waals surface area contributed by atoms with E-state index in [2.05, 4.69) is 5.10 Å². The Morgan fingerprint density at radius 1 is 1.31 bits per heavy atom. The Hall–Kier alpha value is -2.41. The number of aromatic nitrogens is 2. The molecule has 0 radical (unpaired) electrons. The van der Waals surface area contributed by atoms with Gasteiger partial charge in [-0.2, -0.15) is 23.3 Å². The zero-order chi connectivity index (χ0) is 21.9. The number of rotatable bonds is 7. The maximum atomic E-state index is 13.0. The first kappa shape index (κ1) is 22.9. The summed E-state index contributed by atoms with van der Waals surface area (Å²) < 4.78 is 44.5. The van der Waals surface area contributed by atoms with Crippen LogP contribution in [0.5, 0.6) is 0 Å². The van der Waals surface area contributed by atoms with Crippen molar-refractivity contribution < 1.29 is 32.5 Å². The van der Waals surface area contributed by atoms with E-state index in [4.69, 9.17) is 32.8 Å². The first-order chi connectivity index (χ1) is 13.5. The molecule has 0 fully saturated rings. The van der Waals surface area contributed by atoms with Crippen molar-refractivity contribution in [3.05, 3.63) is 44.1 Å². The van der Waals surface area contributed by atoms with E-state index >= 15 is 0 Å². The minimum atomic E-state index is -4.72. The highest BCUT2D eigenvalue weighted by molar-refractivity contribution is 6.38. The minimum absolute atomic E-state index is 0.0491. The molecule has 158 valence electrons. The van der Waals surface area contributed by atoms with Crippen molar-refractivity contribution >= 4 is 40.6 Å². The molecule has 9 nitrogen and oxygen atoms in total. The summed E-state index contributed by atoms with van der Waals surface area (Å²) in [4.78, 5) is 27.8. The van der Waals surface area contributed by atoms with Crippen molar-refractivity contribution in [1.82, 2.24) is 9.78 Å². The molecule has 0 N–H and O–H groups in total. The summed E-state index contributed by atoms with van der Waals surface area (Å²) in [5, 5.41) is 14.7. The molecular weight excluding hydrogens is 444 g/mol. The van der Waals surface area contributed by atoms with Crippen LogP contribution in [0.4, 0.5) is 24.7 Å². The third kappa shape index (κ3) is 4.96. The molecule has 0 saturated carbocycles. The Morgan fingerprint density at radius 2 is 1.90 bits per heavy atom. The number of hydrogen-bond donors (Lipinski definition) is 0. The first-order valence-corrected chi connectivity index (χ1v) is 8.46. The van der Waals surface area contributed by atoms with Crippen LogP contribution >= 0.6 is 23.2 Å². The van der Waals surface area contributed by atoms with Gasteiger partial charge in [0.15, 0.2) is 0 Å². The maximum absolute atomic E-state index is 13.0. The molecule has 1 aromatic heterocycles. The summed E-state index contributed by atoms with van der Waals surface area (Å²) in [7, 11) is 1.37. The third-order valence-electron chi connectivity index (χ3n) is 3.46. The largest absolute Gasteiger partial charge is 0.416 e. The smallest absolute Gasteiger partial charge is 0.382 e. The van der Waals surface area contributed by atoms with E-state index in [9.17, 15) is 28.1 Å². The second kappa shape index (κ2) is 8.95. The Morgan fingerprint density at radius 3 is 2.34 bits per heavy atom. The van der Waals surface area contributed by atoms with Crippen molar-refractivity contribution in [1.29, 1.82) is 0 Å². The Balaban J connectivity index is 2.69. The highest BCUT2D eigenvalue weighted by Gasteiger charge is 2.35. The molecule has 0 atom stereocenters. The quantitative estimate of drug-likeness (QED) is 0.354. The van der Waals surface area contributed by atoms with Gasteiger partial charge in [0.1, 0.15) is 11.9 Å². The molecule has 0 spiro atoms. The number of nitro groups is 1. The van der Waals surface area contributed by atoms with E-state index < -0.39 is 44.1 Å². The average Bonchev–Trinajstić information content (AvgIpc) is 3.01. The van der Waals surface area contributed by atoms with Crippen LogP contribution in [0.2, 0.25) is 10.0 Å². The monoisotopic (exact) mass is 456 g/mol. The highest BCUT2D eigenvalue weighted by atomic mass is 35.5. The van der Waals surface area contributed by atoms with Crippen LogP contribution in [0.25, 0.3) is 5.69 Å². The van der Waals surface area contributed by atoms with Crippen LogP contribution in [0, 0.1) is 10.1 Å². The van der Waals surface area contributed by atoms with Crippen molar-refractivity contribution in [3.63, 3.8) is 0 Å². The van der Waals surface area contributed by atoms with Gasteiger partial charge in [0.25, 0.3) is 0 Å². The number of carbonyl (C=O) groups is 1. The average molecular weight is 457 g/mol. The SMILES string of the molecule is COCCON(C(C)=O)c1c([N+](=O)[O-])cnn1-c1c(Cl)cc(C(F)(F)F)cc1Cl. The number of benzene rings is 1. The van der Waals surface area contributed by atoms with Crippen molar-refractivity contribution in [2.24, 2.45) is 0 Å². The van der Waals surface area contributed by atoms with Crippen LogP contribution in [-0.2, 0) is 20.5 Å². The number of carbonyl (C=O) groups excluding carboxylic acids is 1. The number of hydroxylamine groups is 1. The fourth-order valence-electron chi connectivity index (χ4n) is 2.26. The fraction of sp³-hybridized carbons (Fsp3) is 0.333. The minimum Gasteiger partial charge on any atom is -0.382 e. The summed E-state index contributed by atoms with van der Waals surface area (Å²) in [5.74, 6) is -1.27. The molecule has 0 aliphatic carbocycles. The van der Waals surface area contributed by atoms with Crippen molar-refractivity contribution in [3.8, 4) is 5.69 Å². The van der Waals surface area contributed by atoms with Gasteiger partial charge in [-0.1, -0.05) is 23.2 Å². The summed E-state index contributed by atoms with van der Waals surface area (Å²) in [6.45, 7) is 0.949. The van der Waals surface area contributed by atoms with Gasteiger partial charge in [0.05, 0.1) is 33.7 Å². The molecule has 1 amide bonds. The van der Waals surface area contributed by atoms with Crippen molar-refractivity contribution in [2.75, 3.05) is 25.4 Å². The number of anilines is 1. The normalized spacial score (nSPS) is 11.6. The van der Waals surface area contributed by atoms with E-state index in [0.717, 1.165) is 17.8 Å². The van der Waals surface area contributed by atoms with Gasteiger partial charge in [0.2, 0.25) is 11.7 Å².